The van der Waals surface area contributed by atoms with E-state index in [0.717, 1.165) is 0 Å². The van der Waals surface area contributed by atoms with Gasteiger partial charge in [0.15, 0.2) is 0 Å². The maximum absolute atomic E-state index is 13.2. The monoisotopic (exact) mass is 346 g/mol. The summed E-state index contributed by atoms with van der Waals surface area (Å²) in [5.41, 5.74) is 0.331. The third-order valence-electron chi connectivity index (χ3n) is 2.09. The number of nitrogens with one attached hydrogen (secondary N) is 1. The molecule has 0 fully saturated rings. The van der Waals surface area contributed by atoms with Gasteiger partial charge in [-0.1, -0.05) is 34.8 Å². The molecule has 0 aliphatic heterocycles. The topological polar surface area (TPSA) is 41.6 Å². The van der Waals surface area contributed by atoms with E-state index < -0.39 is 10.9 Å². The van der Waals surface area contributed by atoms with Crippen molar-refractivity contribution in [2.75, 3.05) is 19.4 Å². The van der Waals surface area contributed by atoms with Crippen molar-refractivity contribution >= 4 is 46.5 Å². The number of urea groups is 1. The van der Waals surface area contributed by atoms with Gasteiger partial charge in [0.2, 0.25) is 4.84 Å². The molecule has 2 amide bonds. The fraction of sp³-hybridized carbons (Fsp3) is 0.364. The first-order chi connectivity index (χ1) is 9.13. The van der Waals surface area contributed by atoms with Crippen LogP contribution in [0, 0.1) is 0 Å². The second-order valence-corrected chi connectivity index (χ2v) is 5.44. The van der Waals surface area contributed by atoms with Crippen molar-refractivity contribution in [3.63, 3.8) is 0 Å². The molecule has 0 atom stereocenters. The van der Waals surface area contributed by atoms with Gasteiger partial charge in [-0.25, -0.2) is 4.79 Å². The Morgan fingerprint density at radius 3 is 2.45 bits per heavy atom. The van der Waals surface area contributed by atoms with Gasteiger partial charge in [-0.2, -0.15) is 8.78 Å². The number of rotatable bonds is 4. The minimum absolute atomic E-state index is 0.116. The van der Waals surface area contributed by atoms with Gasteiger partial charge in [0.25, 0.3) is 0 Å². The van der Waals surface area contributed by atoms with E-state index in [9.17, 15) is 13.6 Å². The molecule has 9 heteroatoms. The first-order valence-corrected chi connectivity index (χ1v) is 6.51. The van der Waals surface area contributed by atoms with Gasteiger partial charge in [-0.05, 0) is 18.2 Å². The van der Waals surface area contributed by atoms with Crippen LogP contribution >= 0.6 is 34.8 Å². The quantitative estimate of drug-likeness (QED) is 0.829. The van der Waals surface area contributed by atoms with E-state index in [-0.39, 0.29) is 16.8 Å². The fourth-order valence-corrected chi connectivity index (χ4v) is 1.40. The lowest BCUT2D eigenvalue weighted by molar-refractivity contribution is -0.163. The van der Waals surface area contributed by atoms with Crippen LogP contribution in [0.1, 0.15) is 0 Å². The fourth-order valence-electron chi connectivity index (χ4n) is 1.09. The Hall–Kier alpha value is -0.980. The van der Waals surface area contributed by atoms with Crippen LogP contribution in [0.15, 0.2) is 18.2 Å². The minimum atomic E-state index is -3.78. The summed E-state index contributed by atoms with van der Waals surface area (Å²) in [4.78, 5) is 10.7. The number of hydrogen-bond donors (Lipinski definition) is 1. The van der Waals surface area contributed by atoms with Crippen LogP contribution in [-0.2, 0) is 0 Å². The van der Waals surface area contributed by atoms with E-state index in [1.807, 2.05) is 0 Å². The van der Waals surface area contributed by atoms with Crippen LogP contribution in [-0.4, -0.2) is 36.0 Å². The van der Waals surface area contributed by atoms with Crippen molar-refractivity contribution in [1.82, 2.24) is 4.90 Å². The average Bonchev–Trinajstić information content (AvgIpc) is 2.32. The van der Waals surface area contributed by atoms with Gasteiger partial charge < -0.3 is 15.0 Å². The predicted molar refractivity (Wildman–Crippen MR) is 75.2 cm³/mol. The summed E-state index contributed by atoms with van der Waals surface area (Å²) in [7, 11) is 3.10. The Morgan fingerprint density at radius 1 is 1.40 bits per heavy atom. The van der Waals surface area contributed by atoms with Gasteiger partial charge in [-0.3, -0.25) is 0 Å². The molecule has 1 N–H and O–H groups in total. The summed E-state index contributed by atoms with van der Waals surface area (Å²) >= 11 is 16.0. The van der Waals surface area contributed by atoms with Gasteiger partial charge in [0, 0.05) is 19.8 Å². The lowest BCUT2D eigenvalue weighted by atomic mass is 10.3. The van der Waals surface area contributed by atoms with E-state index in [1.165, 1.54) is 23.1 Å². The lowest BCUT2D eigenvalue weighted by Crippen LogP contribution is -2.32. The Kier molecular flexibility index (Phi) is 5.68. The number of halogens is 5. The summed E-state index contributed by atoms with van der Waals surface area (Å²) in [6.45, 7) is 0. The van der Waals surface area contributed by atoms with E-state index in [1.54, 1.807) is 14.1 Å². The predicted octanol–water partition coefficient (Wildman–Crippen LogP) is 4.21. The number of amides is 2. The van der Waals surface area contributed by atoms with Gasteiger partial charge in [0.05, 0.1) is 5.02 Å². The Bertz CT molecular complexity index is 499. The summed E-state index contributed by atoms with van der Waals surface area (Å²) in [5, 5.41) is 2.39. The number of anilines is 1. The molecular weight excluding hydrogens is 336 g/mol. The lowest BCUT2D eigenvalue weighted by Gasteiger charge is -2.20. The van der Waals surface area contributed by atoms with Crippen molar-refractivity contribution < 1.29 is 18.3 Å². The highest BCUT2D eigenvalue weighted by Gasteiger charge is 2.40. The molecule has 0 saturated heterocycles. The minimum Gasteiger partial charge on any atom is -0.429 e. The molecule has 0 aliphatic rings. The number of benzene rings is 1. The summed E-state index contributed by atoms with van der Waals surface area (Å²) < 4.78 is 30.8. The first kappa shape index (κ1) is 17.1. The van der Waals surface area contributed by atoms with Crippen molar-refractivity contribution in [3.8, 4) is 5.75 Å². The highest BCUT2D eigenvalue weighted by Crippen LogP contribution is 2.35. The zero-order chi connectivity index (χ0) is 15.5. The molecule has 1 aromatic carbocycles. The number of nitrogens with zero attached hydrogens (tertiary/aromatic N) is 1. The molecular formula is C11H11Cl3F2N2O2. The molecule has 0 bridgehead atoms. The second-order valence-electron chi connectivity index (χ2n) is 3.93. The number of carbonyl (C=O) groups excluding carboxylic acids is 1. The van der Waals surface area contributed by atoms with Crippen LogP contribution in [0.5, 0.6) is 5.75 Å². The molecule has 20 heavy (non-hydrogen) atoms. The summed E-state index contributed by atoms with van der Waals surface area (Å²) in [6.07, 6.45) is -3.78. The third-order valence-corrected chi connectivity index (χ3v) is 2.89. The zero-order valence-electron chi connectivity index (χ0n) is 10.5. The molecule has 0 radical (unpaired) electrons. The largest absolute Gasteiger partial charge is 0.429 e. The maximum Gasteiger partial charge on any atom is 0.428 e. The molecule has 0 aliphatic carbocycles. The van der Waals surface area contributed by atoms with Crippen LogP contribution < -0.4 is 10.1 Å². The molecule has 0 saturated carbocycles. The highest BCUT2D eigenvalue weighted by atomic mass is 35.5. The second kappa shape index (κ2) is 6.65. The molecule has 1 rings (SSSR count). The zero-order valence-corrected chi connectivity index (χ0v) is 12.7. The average molecular weight is 348 g/mol. The van der Waals surface area contributed by atoms with Gasteiger partial charge in [0.1, 0.15) is 5.75 Å². The van der Waals surface area contributed by atoms with E-state index in [0.29, 0.717) is 5.69 Å². The Labute approximate surface area is 129 Å². The Morgan fingerprint density at radius 2 is 2.00 bits per heavy atom. The molecule has 4 nitrogen and oxygen atoms in total. The van der Waals surface area contributed by atoms with Gasteiger partial charge >= 0.3 is 12.1 Å². The molecule has 112 valence electrons. The van der Waals surface area contributed by atoms with Gasteiger partial charge in [-0.15, -0.1) is 0 Å². The van der Waals surface area contributed by atoms with Crippen LogP contribution in [0.2, 0.25) is 5.02 Å². The van der Waals surface area contributed by atoms with Crippen molar-refractivity contribution in [2.45, 2.75) is 10.9 Å². The highest BCUT2D eigenvalue weighted by molar-refractivity contribution is 6.44. The first-order valence-electron chi connectivity index (χ1n) is 5.26. The van der Waals surface area contributed by atoms with E-state index >= 15 is 0 Å². The smallest absolute Gasteiger partial charge is 0.428 e. The van der Waals surface area contributed by atoms with Crippen molar-refractivity contribution in [2.24, 2.45) is 0 Å². The molecule has 0 spiro atoms. The molecule has 0 unspecified atom stereocenters. The Balaban J connectivity index is 2.86. The van der Waals surface area contributed by atoms with Crippen LogP contribution in [0.3, 0.4) is 0 Å². The normalized spacial score (nSPS) is 11.4. The van der Waals surface area contributed by atoms with Crippen LogP contribution in [0.25, 0.3) is 0 Å². The van der Waals surface area contributed by atoms with Crippen molar-refractivity contribution in [1.29, 1.82) is 0 Å². The summed E-state index contributed by atoms with van der Waals surface area (Å²) in [5.74, 6) is -0.300. The van der Waals surface area contributed by atoms with Crippen LogP contribution in [0.4, 0.5) is 19.3 Å². The number of alkyl halides is 4. The number of carbonyl (C=O) groups is 1. The summed E-state index contributed by atoms with van der Waals surface area (Å²) in [6, 6.07) is 3.42. The maximum atomic E-state index is 13.2. The third kappa shape index (κ3) is 4.54. The standard InChI is InChI=1S/C11H11Cl3F2N2O2/c1-18(2)10(19)17-6-3-4-8(7(12)5-6)20-11(15,16)9(13)14/h3-5,9H,1-2H3,(H,17,19). The molecule has 1 aromatic rings. The number of hydrogen-bond acceptors (Lipinski definition) is 2. The van der Waals surface area contributed by atoms with Crippen molar-refractivity contribution in [3.05, 3.63) is 23.2 Å². The van der Waals surface area contributed by atoms with E-state index in [4.69, 9.17) is 34.8 Å². The number of ether oxygens (including phenoxy) is 1. The molecule has 0 aromatic heterocycles. The SMILES string of the molecule is CN(C)C(=O)Nc1ccc(OC(F)(F)C(Cl)Cl)c(Cl)c1. The molecule has 0 heterocycles. The van der Waals surface area contributed by atoms with E-state index in [2.05, 4.69) is 10.1 Å².